The summed E-state index contributed by atoms with van der Waals surface area (Å²) in [5.74, 6) is 0. The van der Waals surface area contributed by atoms with E-state index < -0.39 is 6.10 Å². The predicted molar refractivity (Wildman–Crippen MR) is 83.6 cm³/mol. The molecule has 0 saturated carbocycles. The second-order valence-electron chi connectivity index (χ2n) is 5.20. The minimum atomic E-state index is -0.564. The molecule has 1 unspecified atom stereocenters. The first kappa shape index (κ1) is 14.3. The van der Waals surface area contributed by atoms with Gasteiger partial charge < -0.3 is 5.11 Å². The van der Waals surface area contributed by atoms with Crippen molar-refractivity contribution in [1.29, 1.82) is 0 Å². The molecule has 0 spiro atoms. The van der Waals surface area contributed by atoms with Crippen LogP contribution in [0.4, 0.5) is 0 Å². The number of hydrogen-bond donors (Lipinski definition) is 1. The van der Waals surface area contributed by atoms with Crippen LogP contribution < -0.4 is 0 Å². The van der Waals surface area contributed by atoms with Crippen LogP contribution in [0.3, 0.4) is 0 Å². The van der Waals surface area contributed by atoms with Gasteiger partial charge in [0.15, 0.2) is 0 Å². The molecule has 1 atom stereocenters. The molecule has 2 rings (SSSR count). The fourth-order valence-electron chi connectivity index (χ4n) is 2.29. The molecule has 0 radical (unpaired) electrons. The first-order valence-electron chi connectivity index (χ1n) is 6.42. The molecule has 0 saturated heterocycles. The number of aliphatic hydroxyl groups excluding tert-OH is 1. The molecule has 2 aromatic carbocycles. The molecule has 0 aliphatic carbocycles. The van der Waals surface area contributed by atoms with Gasteiger partial charge in [-0.3, -0.25) is 0 Å². The molecule has 0 aliphatic rings. The average molecular weight is 319 g/mol. The molecule has 0 amide bonds. The fourth-order valence-corrected chi connectivity index (χ4v) is 2.54. The Hall–Kier alpha value is -1.12. The van der Waals surface area contributed by atoms with Crippen molar-refractivity contribution >= 4 is 15.9 Å². The molecule has 100 valence electrons. The molecule has 0 aliphatic heterocycles. The Morgan fingerprint density at radius 3 is 2.11 bits per heavy atom. The molecular weight excluding hydrogens is 300 g/mol. The number of aryl methyl sites for hydroxylation is 4. The quantitative estimate of drug-likeness (QED) is 0.846. The summed E-state index contributed by atoms with van der Waals surface area (Å²) < 4.78 is 1.07. The lowest BCUT2D eigenvalue weighted by atomic mass is 9.93. The van der Waals surface area contributed by atoms with Crippen molar-refractivity contribution in [2.24, 2.45) is 0 Å². The molecule has 0 aromatic heterocycles. The van der Waals surface area contributed by atoms with E-state index in [-0.39, 0.29) is 0 Å². The third kappa shape index (κ3) is 2.90. The highest BCUT2D eigenvalue weighted by molar-refractivity contribution is 9.10. The summed E-state index contributed by atoms with van der Waals surface area (Å²) in [5, 5.41) is 10.6. The third-order valence-electron chi connectivity index (χ3n) is 3.67. The monoisotopic (exact) mass is 318 g/mol. The van der Waals surface area contributed by atoms with Gasteiger partial charge in [0, 0.05) is 4.47 Å². The van der Waals surface area contributed by atoms with Gasteiger partial charge >= 0.3 is 0 Å². The maximum atomic E-state index is 10.6. The fraction of sp³-hybridized carbons (Fsp3) is 0.294. The lowest BCUT2D eigenvalue weighted by molar-refractivity contribution is 0.219. The Morgan fingerprint density at radius 2 is 1.47 bits per heavy atom. The van der Waals surface area contributed by atoms with Gasteiger partial charge in [-0.2, -0.15) is 0 Å². The Kier molecular flexibility index (Phi) is 4.12. The van der Waals surface area contributed by atoms with Gasteiger partial charge in [0.1, 0.15) is 6.10 Å². The van der Waals surface area contributed by atoms with Crippen molar-refractivity contribution in [3.8, 4) is 0 Å². The summed E-state index contributed by atoms with van der Waals surface area (Å²) in [6.07, 6.45) is -0.564. The molecular formula is C17H19BrO. The van der Waals surface area contributed by atoms with Crippen molar-refractivity contribution in [3.63, 3.8) is 0 Å². The van der Waals surface area contributed by atoms with E-state index in [0.717, 1.165) is 26.7 Å². The number of rotatable bonds is 2. The zero-order chi connectivity index (χ0) is 14.2. The second kappa shape index (κ2) is 5.48. The Balaban J connectivity index is 2.46. The van der Waals surface area contributed by atoms with Gasteiger partial charge in [-0.1, -0.05) is 40.2 Å². The van der Waals surface area contributed by atoms with Crippen molar-refractivity contribution in [2.75, 3.05) is 0 Å². The summed E-state index contributed by atoms with van der Waals surface area (Å²) in [7, 11) is 0. The van der Waals surface area contributed by atoms with E-state index in [1.807, 2.05) is 25.1 Å². The highest BCUT2D eigenvalue weighted by Crippen LogP contribution is 2.29. The van der Waals surface area contributed by atoms with E-state index in [9.17, 15) is 5.11 Å². The van der Waals surface area contributed by atoms with Gasteiger partial charge in [0.2, 0.25) is 0 Å². The predicted octanol–water partition coefficient (Wildman–Crippen LogP) is 4.76. The summed E-state index contributed by atoms with van der Waals surface area (Å²) in [6.45, 7) is 8.27. The van der Waals surface area contributed by atoms with E-state index in [1.165, 1.54) is 11.1 Å². The van der Waals surface area contributed by atoms with Gasteiger partial charge in [0.25, 0.3) is 0 Å². The smallest absolute Gasteiger partial charge is 0.104 e. The van der Waals surface area contributed by atoms with Crippen LogP contribution in [0.1, 0.15) is 39.5 Å². The third-order valence-corrected chi connectivity index (χ3v) is 4.56. The van der Waals surface area contributed by atoms with Gasteiger partial charge in [0.05, 0.1) is 0 Å². The highest BCUT2D eigenvalue weighted by atomic mass is 79.9. The topological polar surface area (TPSA) is 20.2 Å². The molecule has 0 bridgehead atoms. The van der Waals surface area contributed by atoms with E-state index in [1.54, 1.807) is 0 Å². The van der Waals surface area contributed by atoms with Crippen LogP contribution >= 0.6 is 15.9 Å². The lowest BCUT2D eigenvalue weighted by Gasteiger charge is -2.17. The molecule has 1 nitrogen and oxygen atoms in total. The minimum absolute atomic E-state index is 0.564. The normalized spacial score (nSPS) is 12.5. The van der Waals surface area contributed by atoms with E-state index in [0.29, 0.717) is 0 Å². The number of aliphatic hydroxyl groups is 1. The van der Waals surface area contributed by atoms with E-state index >= 15 is 0 Å². The van der Waals surface area contributed by atoms with Crippen LogP contribution in [0, 0.1) is 27.7 Å². The Bertz CT molecular complexity index is 617. The molecule has 2 heteroatoms. The van der Waals surface area contributed by atoms with Crippen LogP contribution in [0.2, 0.25) is 0 Å². The van der Waals surface area contributed by atoms with Gasteiger partial charge in [-0.05, 0) is 67.1 Å². The summed E-state index contributed by atoms with van der Waals surface area (Å²) in [4.78, 5) is 0. The number of halogens is 1. The maximum Gasteiger partial charge on any atom is 0.104 e. The van der Waals surface area contributed by atoms with Crippen LogP contribution in [-0.2, 0) is 0 Å². The number of benzene rings is 2. The first-order chi connectivity index (χ1) is 8.90. The van der Waals surface area contributed by atoms with Crippen molar-refractivity contribution < 1.29 is 5.11 Å². The maximum absolute atomic E-state index is 10.6. The summed E-state index contributed by atoms with van der Waals surface area (Å²) in [5.41, 5.74) is 6.68. The Morgan fingerprint density at radius 1 is 0.842 bits per heavy atom. The second-order valence-corrected chi connectivity index (χ2v) is 6.06. The van der Waals surface area contributed by atoms with Crippen molar-refractivity contribution in [1.82, 2.24) is 0 Å². The Labute approximate surface area is 123 Å². The van der Waals surface area contributed by atoms with Crippen LogP contribution in [0.25, 0.3) is 0 Å². The van der Waals surface area contributed by atoms with E-state index in [2.05, 4.69) is 48.8 Å². The van der Waals surface area contributed by atoms with Crippen LogP contribution in [-0.4, -0.2) is 5.11 Å². The molecule has 1 N–H and O–H groups in total. The SMILES string of the molecule is Cc1cc(C)c(C(O)c2ccc(Br)c(C)c2)cc1C. The molecule has 2 aromatic rings. The highest BCUT2D eigenvalue weighted by Gasteiger charge is 2.14. The van der Waals surface area contributed by atoms with Crippen molar-refractivity contribution in [2.45, 2.75) is 33.8 Å². The molecule has 19 heavy (non-hydrogen) atoms. The van der Waals surface area contributed by atoms with Gasteiger partial charge in [-0.25, -0.2) is 0 Å². The molecule has 0 heterocycles. The average Bonchev–Trinajstić information content (AvgIpc) is 2.36. The lowest BCUT2D eigenvalue weighted by Crippen LogP contribution is -2.04. The first-order valence-corrected chi connectivity index (χ1v) is 7.21. The van der Waals surface area contributed by atoms with Crippen LogP contribution in [0.5, 0.6) is 0 Å². The van der Waals surface area contributed by atoms with Crippen molar-refractivity contribution in [3.05, 3.63) is 68.2 Å². The summed E-state index contributed by atoms with van der Waals surface area (Å²) in [6, 6.07) is 10.2. The number of hydrogen-bond acceptors (Lipinski definition) is 1. The standard InChI is InChI=1S/C17H19BrO/c1-10-7-12(3)15(9-11(10)2)17(19)14-5-6-16(18)13(4)8-14/h5-9,17,19H,1-4H3. The van der Waals surface area contributed by atoms with Gasteiger partial charge in [-0.15, -0.1) is 0 Å². The molecule has 0 fully saturated rings. The summed E-state index contributed by atoms with van der Waals surface area (Å²) >= 11 is 3.49. The minimum Gasteiger partial charge on any atom is -0.384 e. The van der Waals surface area contributed by atoms with Crippen LogP contribution in [0.15, 0.2) is 34.8 Å². The zero-order valence-corrected chi connectivity index (χ0v) is 13.4. The zero-order valence-electron chi connectivity index (χ0n) is 11.8. The largest absolute Gasteiger partial charge is 0.384 e. The van der Waals surface area contributed by atoms with E-state index in [4.69, 9.17) is 0 Å².